The summed E-state index contributed by atoms with van der Waals surface area (Å²) in [7, 11) is 0. The number of aromatic nitrogens is 3. The van der Waals surface area contributed by atoms with Gasteiger partial charge in [-0.15, -0.1) is 11.3 Å². The van der Waals surface area contributed by atoms with Crippen LogP contribution in [0.25, 0.3) is 0 Å². The molecule has 1 N–H and O–H groups in total. The Kier molecular flexibility index (Phi) is 3.96. The van der Waals surface area contributed by atoms with Crippen LogP contribution in [-0.4, -0.2) is 21.5 Å². The normalized spacial score (nSPS) is 12.6. The molecule has 84 valence electrons. The van der Waals surface area contributed by atoms with E-state index < -0.39 is 0 Å². The summed E-state index contributed by atoms with van der Waals surface area (Å²) in [6.45, 7) is 3.10. The van der Waals surface area contributed by atoms with Crippen molar-refractivity contribution in [3.63, 3.8) is 0 Å². The topological polar surface area (TPSA) is 50.7 Å². The third kappa shape index (κ3) is 2.62. The highest BCUT2D eigenvalue weighted by Crippen LogP contribution is 2.20. The fraction of sp³-hybridized carbons (Fsp3) is 0.364. The lowest BCUT2D eigenvalue weighted by Gasteiger charge is -2.15. The van der Waals surface area contributed by atoms with Crippen LogP contribution in [0.4, 0.5) is 0 Å². The van der Waals surface area contributed by atoms with Crippen LogP contribution >= 0.6 is 11.3 Å². The third-order valence-corrected chi connectivity index (χ3v) is 2.86. The number of rotatable bonds is 5. The van der Waals surface area contributed by atoms with Crippen LogP contribution in [-0.2, 0) is 0 Å². The Labute approximate surface area is 98.8 Å². The second-order valence-corrected chi connectivity index (χ2v) is 4.19. The molecule has 0 aliphatic rings. The molecule has 0 amide bonds. The zero-order chi connectivity index (χ0) is 11.2. The summed E-state index contributed by atoms with van der Waals surface area (Å²) >= 11 is 1.60. The maximum absolute atomic E-state index is 4.35. The van der Waals surface area contributed by atoms with E-state index in [-0.39, 0.29) is 6.04 Å². The second kappa shape index (κ2) is 5.67. The van der Waals surface area contributed by atoms with Crippen molar-refractivity contribution in [1.29, 1.82) is 0 Å². The lowest BCUT2D eigenvalue weighted by molar-refractivity contribution is 0.585. The molecule has 0 aliphatic carbocycles. The average Bonchev–Trinajstić information content (AvgIpc) is 2.85. The van der Waals surface area contributed by atoms with Gasteiger partial charge in [0.2, 0.25) is 0 Å². The molecule has 0 saturated carbocycles. The average molecular weight is 234 g/mol. The minimum absolute atomic E-state index is 0.104. The lowest BCUT2D eigenvalue weighted by atomic mass is 10.1. The van der Waals surface area contributed by atoms with Gasteiger partial charge in [0.05, 0.1) is 17.2 Å². The van der Waals surface area contributed by atoms with Crippen molar-refractivity contribution in [2.24, 2.45) is 0 Å². The molecule has 16 heavy (non-hydrogen) atoms. The minimum atomic E-state index is 0.104. The zero-order valence-corrected chi connectivity index (χ0v) is 9.94. The molecule has 0 spiro atoms. The minimum Gasteiger partial charge on any atom is -0.305 e. The van der Waals surface area contributed by atoms with Crippen molar-refractivity contribution in [2.75, 3.05) is 6.54 Å². The van der Waals surface area contributed by atoms with Gasteiger partial charge in [-0.1, -0.05) is 6.92 Å². The molecule has 4 nitrogen and oxygen atoms in total. The summed E-state index contributed by atoms with van der Waals surface area (Å²) in [6, 6.07) is 0.104. The lowest BCUT2D eigenvalue weighted by Crippen LogP contribution is -2.23. The predicted octanol–water partition coefficient (Wildman–Crippen LogP) is 2.02. The summed E-state index contributed by atoms with van der Waals surface area (Å²) in [6.07, 6.45) is 6.30. The van der Waals surface area contributed by atoms with Gasteiger partial charge in [-0.05, 0) is 13.0 Å². The van der Waals surface area contributed by atoms with E-state index in [2.05, 4.69) is 32.6 Å². The van der Waals surface area contributed by atoms with Gasteiger partial charge in [0.1, 0.15) is 6.33 Å². The standard InChI is InChI=1S/C11H14N4S/c1-2-3-14-11(10-6-16-8-15-10)9-4-12-7-13-5-9/h4-8,11,14H,2-3H2,1H3. The Hall–Kier alpha value is -1.33. The molecule has 0 saturated heterocycles. The number of hydrogen-bond donors (Lipinski definition) is 1. The van der Waals surface area contributed by atoms with Crippen molar-refractivity contribution in [3.8, 4) is 0 Å². The number of nitrogens with one attached hydrogen (secondary N) is 1. The predicted molar refractivity (Wildman–Crippen MR) is 64.3 cm³/mol. The highest BCUT2D eigenvalue weighted by Gasteiger charge is 2.15. The van der Waals surface area contributed by atoms with E-state index in [0.29, 0.717) is 0 Å². The molecule has 0 radical (unpaired) electrons. The highest BCUT2D eigenvalue weighted by atomic mass is 32.1. The molecule has 2 heterocycles. The fourth-order valence-electron chi connectivity index (χ4n) is 1.51. The molecule has 2 aromatic heterocycles. The first-order valence-electron chi connectivity index (χ1n) is 5.28. The highest BCUT2D eigenvalue weighted by molar-refractivity contribution is 7.07. The van der Waals surface area contributed by atoms with Crippen molar-refractivity contribution in [1.82, 2.24) is 20.3 Å². The molecule has 0 bridgehead atoms. The van der Waals surface area contributed by atoms with Gasteiger partial charge in [-0.3, -0.25) is 0 Å². The number of hydrogen-bond acceptors (Lipinski definition) is 5. The molecule has 2 rings (SSSR count). The summed E-state index contributed by atoms with van der Waals surface area (Å²) < 4.78 is 0. The van der Waals surface area contributed by atoms with E-state index in [1.54, 1.807) is 17.7 Å². The number of thiazole rings is 1. The maximum atomic E-state index is 4.35. The van der Waals surface area contributed by atoms with Crippen LogP contribution in [0.1, 0.15) is 30.6 Å². The van der Waals surface area contributed by atoms with Gasteiger partial charge < -0.3 is 5.32 Å². The molecule has 5 heteroatoms. The van der Waals surface area contributed by atoms with Gasteiger partial charge in [0.15, 0.2) is 0 Å². The van der Waals surface area contributed by atoms with Gasteiger partial charge in [0, 0.05) is 23.3 Å². The van der Waals surface area contributed by atoms with Crippen molar-refractivity contribution in [2.45, 2.75) is 19.4 Å². The van der Waals surface area contributed by atoms with Gasteiger partial charge in [0.25, 0.3) is 0 Å². The first kappa shape index (κ1) is 11.2. The van der Waals surface area contributed by atoms with Crippen LogP contribution in [0.5, 0.6) is 0 Å². The molecular formula is C11H14N4S. The van der Waals surface area contributed by atoms with E-state index in [4.69, 9.17) is 0 Å². The van der Waals surface area contributed by atoms with Gasteiger partial charge in [-0.2, -0.15) is 0 Å². The molecule has 1 unspecified atom stereocenters. The summed E-state index contributed by atoms with van der Waals surface area (Å²) in [4.78, 5) is 12.4. The van der Waals surface area contributed by atoms with Crippen LogP contribution in [0, 0.1) is 0 Å². The number of nitrogens with zero attached hydrogens (tertiary/aromatic N) is 3. The smallest absolute Gasteiger partial charge is 0.115 e. The Morgan fingerprint density at radius 2 is 2.19 bits per heavy atom. The molecular weight excluding hydrogens is 220 g/mol. The third-order valence-electron chi connectivity index (χ3n) is 2.26. The first-order chi connectivity index (χ1) is 7.92. The van der Waals surface area contributed by atoms with Crippen molar-refractivity contribution >= 4 is 11.3 Å². The van der Waals surface area contributed by atoms with Gasteiger partial charge >= 0.3 is 0 Å². The van der Waals surface area contributed by atoms with Crippen molar-refractivity contribution < 1.29 is 0 Å². The van der Waals surface area contributed by atoms with Crippen LogP contribution < -0.4 is 5.32 Å². The Bertz CT molecular complexity index is 401. The first-order valence-corrected chi connectivity index (χ1v) is 6.22. The van der Waals surface area contributed by atoms with E-state index in [1.807, 2.05) is 17.9 Å². The van der Waals surface area contributed by atoms with E-state index >= 15 is 0 Å². The van der Waals surface area contributed by atoms with E-state index in [9.17, 15) is 0 Å². The monoisotopic (exact) mass is 234 g/mol. The Morgan fingerprint density at radius 3 is 2.81 bits per heavy atom. The molecule has 0 aliphatic heterocycles. The SMILES string of the molecule is CCCNC(c1cncnc1)c1cscn1. The molecule has 0 fully saturated rings. The molecule has 0 aromatic carbocycles. The second-order valence-electron chi connectivity index (χ2n) is 3.47. The quantitative estimate of drug-likeness (QED) is 0.860. The van der Waals surface area contributed by atoms with Gasteiger partial charge in [-0.25, -0.2) is 15.0 Å². The van der Waals surface area contributed by atoms with E-state index in [0.717, 1.165) is 24.2 Å². The Balaban J connectivity index is 2.21. The Morgan fingerprint density at radius 1 is 1.38 bits per heavy atom. The van der Waals surface area contributed by atoms with Crippen LogP contribution in [0.3, 0.4) is 0 Å². The summed E-state index contributed by atoms with van der Waals surface area (Å²) in [5, 5.41) is 5.51. The van der Waals surface area contributed by atoms with Crippen LogP contribution in [0.2, 0.25) is 0 Å². The van der Waals surface area contributed by atoms with Crippen LogP contribution in [0.15, 0.2) is 29.6 Å². The molecule has 2 aromatic rings. The fourth-order valence-corrected chi connectivity index (χ4v) is 2.09. The van der Waals surface area contributed by atoms with Crippen molar-refractivity contribution in [3.05, 3.63) is 40.9 Å². The zero-order valence-electron chi connectivity index (χ0n) is 9.13. The summed E-state index contributed by atoms with van der Waals surface area (Å²) in [5.41, 5.74) is 3.94. The summed E-state index contributed by atoms with van der Waals surface area (Å²) in [5.74, 6) is 0. The van der Waals surface area contributed by atoms with E-state index in [1.165, 1.54) is 0 Å². The largest absolute Gasteiger partial charge is 0.305 e. The maximum Gasteiger partial charge on any atom is 0.115 e. The molecule has 1 atom stereocenters.